The van der Waals surface area contributed by atoms with Crippen molar-refractivity contribution < 1.29 is 9.53 Å². The number of hydrogen-bond acceptors (Lipinski definition) is 6. The van der Waals surface area contributed by atoms with Crippen molar-refractivity contribution >= 4 is 34.8 Å². The Kier molecular flexibility index (Phi) is 4.27. The van der Waals surface area contributed by atoms with Gasteiger partial charge in [-0.1, -0.05) is 29.3 Å². The molecule has 0 fully saturated rings. The van der Waals surface area contributed by atoms with Gasteiger partial charge in [0.2, 0.25) is 0 Å². The van der Waals surface area contributed by atoms with Gasteiger partial charge in [-0.05, 0) is 34.7 Å². The number of esters is 1. The van der Waals surface area contributed by atoms with E-state index in [0.29, 0.717) is 32.6 Å². The molecule has 0 spiro atoms. The van der Waals surface area contributed by atoms with Crippen LogP contribution in [0.4, 0.5) is 0 Å². The SMILES string of the molecule is O=C(OCc1cn2cc(Cl)cc(Cl)c2n1)c1cccc(-n2cnnn2)c1. The predicted molar refractivity (Wildman–Crippen MR) is 93.5 cm³/mol. The summed E-state index contributed by atoms with van der Waals surface area (Å²) in [4.78, 5) is 16.7. The highest BCUT2D eigenvalue weighted by molar-refractivity contribution is 6.36. The summed E-state index contributed by atoms with van der Waals surface area (Å²) in [7, 11) is 0. The quantitative estimate of drug-likeness (QED) is 0.499. The fourth-order valence-corrected chi connectivity index (χ4v) is 2.95. The first-order valence-electron chi connectivity index (χ1n) is 7.43. The highest BCUT2D eigenvalue weighted by Gasteiger charge is 2.12. The molecule has 4 aromatic rings. The maximum atomic E-state index is 12.3. The Bertz CT molecular complexity index is 1090. The van der Waals surface area contributed by atoms with E-state index in [4.69, 9.17) is 27.9 Å². The van der Waals surface area contributed by atoms with Gasteiger partial charge in [-0.2, -0.15) is 0 Å². The van der Waals surface area contributed by atoms with Gasteiger partial charge in [0.25, 0.3) is 0 Å². The van der Waals surface area contributed by atoms with Crippen LogP contribution in [0.1, 0.15) is 16.1 Å². The lowest BCUT2D eigenvalue weighted by molar-refractivity contribution is 0.0468. The van der Waals surface area contributed by atoms with Crippen molar-refractivity contribution in [2.45, 2.75) is 6.61 Å². The molecule has 8 nitrogen and oxygen atoms in total. The van der Waals surface area contributed by atoms with Crippen molar-refractivity contribution in [3.63, 3.8) is 0 Å². The molecule has 0 atom stereocenters. The van der Waals surface area contributed by atoms with Crippen LogP contribution in [0.2, 0.25) is 10.0 Å². The summed E-state index contributed by atoms with van der Waals surface area (Å²) in [5, 5.41) is 11.8. The number of halogens is 2. The zero-order chi connectivity index (χ0) is 18.1. The molecule has 0 aliphatic rings. The number of carbonyl (C=O) groups is 1. The normalized spacial score (nSPS) is 11.0. The Hall–Kier alpha value is -2.97. The van der Waals surface area contributed by atoms with Gasteiger partial charge in [-0.15, -0.1) is 5.10 Å². The number of rotatable bonds is 4. The summed E-state index contributed by atoms with van der Waals surface area (Å²) in [5.74, 6) is -0.485. The fraction of sp³-hybridized carbons (Fsp3) is 0.0625. The lowest BCUT2D eigenvalue weighted by Crippen LogP contribution is -2.06. The second-order valence-electron chi connectivity index (χ2n) is 5.35. The van der Waals surface area contributed by atoms with Gasteiger partial charge in [0, 0.05) is 12.4 Å². The van der Waals surface area contributed by atoms with Crippen LogP contribution in [0, 0.1) is 0 Å². The van der Waals surface area contributed by atoms with E-state index in [0.717, 1.165) is 0 Å². The molecular weight excluding hydrogens is 379 g/mol. The van der Waals surface area contributed by atoms with Gasteiger partial charge >= 0.3 is 5.97 Å². The summed E-state index contributed by atoms with van der Waals surface area (Å²) < 4.78 is 8.47. The van der Waals surface area contributed by atoms with Crippen LogP contribution in [0.3, 0.4) is 0 Å². The van der Waals surface area contributed by atoms with Crippen molar-refractivity contribution in [1.82, 2.24) is 29.6 Å². The number of nitrogens with zero attached hydrogens (tertiary/aromatic N) is 6. The molecule has 0 saturated carbocycles. The minimum atomic E-state index is -0.485. The zero-order valence-electron chi connectivity index (χ0n) is 13.1. The molecule has 10 heteroatoms. The second kappa shape index (κ2) is 6.74. The summed E-state index contributed by atoms with van der Waals surface area (Å²) in [6, 6.07) is 8.39. The van der Waals surface area contributed by atoms with Gasteiger partial charge in [-0.25, -0.2) is 14.5 Å². The minimum Gasteiger partial charge on any atom is -0.456 e. The number of pyridine rings is 1. The molecule has 0 radical (unpaired) electrons. The number of ether oxygens (including phenoxy) is 1. The lowest BCUT2D eigenvalue weighted by atomic mass is 10.2. The van der Waals surface area contributed by atoms with Gasteiger partial charge in [0.05, 0.1) is 27.0 Å². The molecule has 0 unspecified atom stereocenters. The molecule has 26 heavy (non-hydrogen) atoms. The summed E-state index contributed by atoms with van der Waals surface area (Å²) in [6.45, 7) is 0.00354. The largest absolute Gasteiger partial charge is 0.456 e. The van der Waals surface area contributed by atoms with Crippen LogP contribution in [0.15, 0.2) is 49.1 Å². The summed E-state index contributed by atoms with van der Waals surface area (Å²) in [5.41, 5.74) is 2.13. The number of imidazole rings is 1. The Morgan fingerprint density at radius 1 is 1.19 bits per heavy atom. The van der Waals surface area contributed by atoms with Crippen molar-refractivity contribution in [3.05, 3.63) is 70.4 Å². The Morgan fingerprint density at radius 3 is 2.88 bits per heavy atom. The summed E-state index contributed by atoms with van der Waals surface area (Å²) >= 11 is 12.1. The molecule has 0 amide bonds. The average molecular weight is 389 g/mol. The van der Waals surface area contributed by atoms with Crippen molar-refractivity contribution in [2.75, 3.05) is 0 Å². The van der Waals surface area contributed by atoms with Crippen LogP contribution in [0.25, 0.3) is 11.3 Å². The highest BCUT2D eigenvalue weighted by atomic mass is 35.5. The van der Waals surface area contributed by atoms with Crippen molar-refractivity contribution in [3.8, 4) is 5.69 Å². The minimum absolute atomic E-state index is 0.00354. The molecule has 0 saturated heterocycles. The summed E-state index contributed by atoms with van der Waals surface area (Å²) in [6.07, 6.45) is 4.82. The van der Waals surface area contributed by atoms with Crippen LogP contribution in [0.5, 0.6) is 0 Å². The second-order valence-corrected chi connectivity index (χ2v) is 6.19. The molecule has 0 aliphatic carbocycles. The van der Waals surface area contributed by atoms with Gasteiger partial charge in [-0.3, -0.25) is 0 Å². The standard InChI is InChI=1S/C16H10Cl2N6O2/c17-11-5-14(18)15-20-12(7-23(15)6-11)8-26-16(25)10-2-1-3-13(4-10)24-9-19-21-22-24/h1-7,9H,8H2. The first-order valence-corrected chi connectivity index (χ1v) is 8.19. The number of hydrogen-bond donors (Lipinski definition) is 0. The number of tetrazole rings is 1. The Labute approximate surface area is 156 Å². The first kappa shape index (κ1) is 16.5. The molecule has 130 valence electrons. The predicted octanol–water partition coefficient (Wildman–Crippen LogP) is 2.97. The lowest BCUT2D eigenvalue weighted by Gasteiger charge is -2.05. The smallest absolute Gasteiger partial charge is 0.338 e. The molecule has 0 bridgehead atoms. The average Bonchev–Trinajstić information content (AvgIpc) is 3.29. The van der Waals surface area contributed by atoms with Crippen LogP contribution in [-0.4, -0.2) is 35.6 Å². The molecule has 0 N–H and O–H groups in total. The maximum absolute atomic E-state index is 12.3. The maximum Gasteiger partial charge on any atom is 0.338 e. The zero-order valence-corrected chi connectivity index (χ0v) is 14.6. The number of fused-ring (bicyclic) bond motifs is 1. The van der Waals surface area contributed by atoms with Crippen molar-refractivity contribution in [1.29, 1.82) is 0 Å². The van der Waals surface area contributed by atoms with Crippen LogP contribution >= 0.6 is 23.2 Å². The molecule has 1 aromatic carbocycles. The molecule has 0 aliphatic heterocycles. The third kappa shape index (κ3) is 3.24. The number of aromatic nitrogens is 6. The Morgan fingerprint density at radius 2 is 2.08 bits per heavy atom. The van der Waals surface area contributed by atoms with Crippen LogP contribution < -0.4 is 0 Å². The number of carbonyl (C=O) groups excluding carboxylic acids is 1. The van der Waals surface area contributed by atoms with Gasteiger partial charge in [0.1, 0.15) is 12.9 Å². The molecule has 4 rings (SSSR count). The topological polar surface area (TPSA) is 87.2 Å². The van der Waals surface area contributed by atoms with Crippen molar-refractivity contribution in [2.24, 2.45) is 0 Å². The van der Waals surface area contributed by atoms with E-state index in [1.807, 2.05) is 0 Å². The third-order valence-corrected chi connectivity index (χ3v) is 4.05. The van der Waals surface area contributed by atoms with E-state index in [-0.39, 0.29) is 6.61 Å². The third-order valence-electron chi connectivity index (χ3n) is 3.57. The van der Waals surface area contributed by atoms with E-state index < -0.39 is 5.97 Å². The first-order chi connectivity index (χ1) is 12.6. The van der Waals surface area contributed by atoms with Gasteiger partial charge in [0.15, 0.2) is 5.65 Å². The van der Waals surface area contributed by atoms with Gasteiger partial charge < -0.3 is 9.14 Å². The van der Waals surface area contributed by atoms with E-state index in [1.54, 1.807) is 47.1 Å². The molecule has 3 heterocycles. The van der Waals surface area contributed by atoms with Crippen LogP contribution in [-0.2, 0) is 11.3 Å². The highest BCUT2D eigenvalue weighted by Crippen LogP contribution is 2.22. The van der Waals surface area contributed by atoms with E-state index in [1.165, 1.54) is 11.0 Å². The molecule has 3 aromatic heterocycles. The van der Waals surface area contributed by atoms with E-state index in [2.05, 4.69) is 20.5 Å². The monoisotopic (exact) mass is 388 g/mol. The molecular formula is C16H10Cl2N6O2. The fourth-order valence-electron chi connectivity index (χ4n) is 2.42. The number of benzene rings is 1. The van der Waals surface area contributed by atoms with E-state index in [9.17, 15) is 4.79 Å². The Balaban J connectivity index is 1.51. The van der Waals surface area contributed by atoms with E-state index >= 15 is 0 Å².